The number of pyridine rings is 2. The van der Waals surface area contributed by atoms with E-state index in [0.29, 0.717) is 55.7 Å². The van der Waals surface area contributed by atoms with E-state index in [0.717, 1.165) is 46.5 Å². The number of likely N-dealkylation sites (N-methyl/N-ethyl adjacent to an activating group) is 1. The first-order valence-corrected chi connectivity index (χ1v) is 14.7. The summed E-state index contributed by atoms with van der Waals surface area (Å²) in [5.41, 5.74) is 4.14. The molecule has 3 amide bonds. The van der Waals surface area contributed by atoms with Gasteiger partial charge < -0.3 is 9.64 Å². The third-order valence-electron chi connectivity index (χ3n) is 7.43. The molecular weight excluding hydrogens is 538 g/mol. The smallest absolute Gasteiger partial charge is 0.328 e. The first-order chi connectivity index (χ1) is 19.9. The molecule has 212 valence electrons. The molecule has 0 spiro atoms. The van der Waals surface area contributed by atoms with E-state index in [1.54, 1.807) is 29.8 Å². The topological polar surface area (TPSA) is 115 Å². The monoisotopic (exact) mass is 571 g/mol. The minimum atomic E-state index is -0.352. The summed E-state index contributed by atoms with van der Waals surface area (Å²) in [5.74, 6) is 1.39. The highest BCUT2D eigenvalue weighted by atomic mass is 32.2. The number of nitriles is 1. The Bertz CT molecular complexity index is 1510. The fourth-order valence-corrected chi connectivity index (χ4v) is 5.87. The van der Waals surface area contributed by atoms with Crippen LogP contribution in [0.2, 0.25) is 0 Å². The van der Waals surface area contributed by atoms with Crippen LogP contribution in [-0.4, -0.2) is 78.3 Å². The van der Waals surface area contributed by atoms with Gasteiger partial charge in [0, 0.05) is 42.7 Å². The molecule has 4 heterocycles. The standard InChI is InChI=1S/C30H33N7O3S/c1-35-11-12-36(27(38)19-35)18-23-14-21-8-6-10-37(28(21)34-29(23)40-2)30(39)33-26-15-22(24(16-31)17-32-26)13-20-7-4-5-9-25(20)41-3/h4-5,7,9,14-15,17H,6,8,10-13,18-19H2,1-3H3,(H,32,33,39). The fraction of sp³-hybridized carbons (Fsp3) is 0.367. The molecule has 0 unspecified atom stereocenters. The lowest BCUT2D eigenvalue weighted by atomic mass is 10.0. The van der Waals surface area contributed by atoms with Crippen LogP contribution in [0.3, 0.4) is 0 Å². The van der Waals surface area contributed by atoms with Gasteiger partial charge >= 0.3 is 6.03 Å². The molecule has 1 saturated heterocycles. The molecule has 1 N–H and O–H groups in total. The van der Waals surface area contributed by atoms with Crippen molar-refractivity contribution in [1.82, 2.24) is 19.8 Å². The summed E-state index contributed by atoms with van der Waals surface area (Å²) in [6, 6.07) is 13.7. The van der Waals surface area contributed by atoms with Gasteiger partial charge in [0.05, 0.1) is 25.8 Å². The van der Waals surface area contributed by atoms with Gasteiger partial charge in [0.15, 0.2) is 0 Å². The van der Waals surface area contributed by atoms with Crippen LogP contribution in [0, 0.1) is 11.3 Å². The van der Waals surface area contributed by atoms with E-state index in [1.807, 2.05) is 47.4 Å². The molecule has 2 aliphatic rings. The second kappa shape index (κ2) is 12.6. The summed E-state index contributed by atoms with van der Waals surface area (Å²) in [4.78, 5) is 41.7. The Morgan fingerprint density at radius 2 is 2.00 bits per heavy atom. The summed E-state index contributed by atoms with van der Waals surface area (Å²) in [7, 11) is 3.49. The molecule has 5 rings (SSSR count). The number of aromatic nitrogens is 2. The summed E-state index contributed by atoms with van der Waals surface area (Å²) < 4.78 is 5.61. The zero-order valence-electron chi connectivity index (χ0n) is 23.5. The van der Waals surface area contributed by atoms with Gasteiger partial charge in [-0.05, 0) is 61.0 Å². The predicted octanol–water partition coefficient (Wildman–Crippen LogP) is 3.93. The zero-order chi connectivity index (χ0) is 28.9. The fourth-order valence-electron chi connectivity index (χ4n) is 5.26. The van der Waals surface area contributed by atoms with Crippen LogP contribution >= 0.6 is 11.8 Å². The number of methoxy groups -OCH3 is 1. The van der Waals surface area contributed by atoms with Gasteiger partial charge in [-0.25, -0.2) is 9.78 Å². The number of piperazine rings is 1. The molecule has 0 atom stereocenters. The molecule has 0 aliphatic carbocycles. The van der Waals surface area contributed by atoms with Crippen molar-refractivity contribution >= 4 is 35.3 Å². The zero-order valence-corrected chi connectivity index (χ0v) is 24.3. The maximum atomic E-state index is 13.5. The molecule has 2 aliphatic heterocycles. The number of urea groups is 1. The van der Waals surface area contributed by atoms with E-state index in [2.05, 4.69) is 22.4 Å². The molecule has 10 nitrogen and oxygen atoms in total. The minimum absolute atomic E-state index is 0.0748. The Morgan fingerprint density at radius 3 is 2.76 bits per heavy atom. The van der Waals surface area contributed by atoms with Gasteiger partial charge in [-0.1, -0.05) is 18.2 Å². The molecule has 0 radical (unpaired) electrons. The third-order valence-corrected chi connectivity index (χ3v) is 8.27. The van der Waals surface area contributed by atoms with Crippen LogP contribution in [-0.2, 0) is 24.2 Å². The summed E-state index contributed by atoms with van der Waals surface area (Å²) in [6.45, 7) is 2.77. The number of aryl methyl sites for hydroxylation is 1. The summed E-state index contributed by atoms with van der Waals surface area (Å²) in [5, 5.41) is 12.6. The number of carbonyl (C=O) groups is 2. The van der Waals surface area contributed by atoms with Gasteiger partial charge in [-0.15, -0.1) is 11.8 Å². The highest BCUT2D eigenvalue weighted by Crippen LogP contribution is 2.32. The van der Waals surface area contributed by atoms with E-state index in [9.17, 15) is 14.9 Å². The second-order valence-electron chi connectivity index (χ2n) is 10.2. The van der Waals surface area contributed by atoms with Crippen LogP contribution in [0.4, 0.5) is 16.4 Å². The third kappa shape index (κ3) is 6.29. The number of nitrogens with one attached hydrogen (secondary N) is 1. The van der Waals surface area contributed by atoms with Crippen molar-refractivity contribution in [2.75, 3.05) is 56.8 Å². The number of nitrogens with zero attached hydrogens (tertiary/aromatic N) is 6. The second-order valence-corrected chi connectivity index (χ2v) is 11.1. The number of benzene rings is 1. The quantitative estimate of drug-likeness (QED) is 0.425. The van der Waals surface area contributed by atoms with Gasteiger partial charge in [0.2, 0.25) is 11.8 Å². The highest BCUT2D eigenvalue weighted by molar-refractivity contribution is 7.98. The Hall–Kier alpha value is -4.14. The lowest BCUT2D eigenvalue weighted by Gasteiger charge is -2.33. The molecular formula is C30H33N7O3S. The van der Waals surface area contributed by atoms with E-state index in [-0.39, 0.29) is 11.9 Å². The maximum Gasteiger partial charge on any atom is 0.328 e. The predicted molar refractivity (Wildman–Crippen MR) is 158 cm³/mol. The Balaban J connectivity index is 1.36. The normalized spacial score (nSPS) is 15.3. The van der Waals surface area contributed by atoms with Gasteiger partial charge in [-0.3, -0.25) is 19.9 Å². The Morgan fingerprint density at radius 1 is 1.17 bits per heavy atom. The van der Waals surface area contributed by atoms with E-state index < -0.39 is 0 Å². The van der Waals surface area contributed by atoms with E-state index in [1.165, 1.54) is 6.20 Å². The Kier molecular flexibility index (Phi) is 8.71. The Labute approximate surface area is 244 Å². The van der Waals surface area contributed by atoms with E-state index >= 15 is 0 Å². The number of hydrogen-bond donors (Lipinski definition) is 1. The maximum absolute atomic E-state index is 13.5. The number of anilines is 2. The molecule has 11 heteroatoms. The number of hydrogen-bond acceptors (Lipinski definition) is 8. The summed E-state index contributed by atoms with van der Waals surface area (Å²) in [6.07, 6.45) is 5.63. The lowest BCUT2D eigenvalue weighted by molar-refractivity contribution is -0.136. The van der Waals surface area contributed by atoms with Crippen molar-refractivity contribution in [2.24, 2.45) is 0 Å². The molecule has 1 aromatic carbocycles. The first-order valence-electron chi connectivity index (χ1n) is 13.5. The molecule has 2 aromatic heterocycles. The van der Waals surface area contributed by atoms with Gasteiger partial charge in [0.1, 0.15) is 17.7 Å². The average molecular weight is 572 g/mol. The number of carbonyl (C=O) groups excluding carboxylic acids is 2. The first kappa shape index (κ1) is 28.4. The number of thioether (sulfide) groups is 1. The van der Waals surface area contributed by atoms with Crippen molar-refractivity contribution < 1.29 is 14.3 Å². The van der Waals surface area contributed by atoms with Crippen LogP contribution in [0.1, 0.15) is 34.2 Å². The van der Waals surface area contributed by atoms with Crippen molar-refractivity contribution in [2.45, 2.75) is 30.7 Å². The molecule has 1 fully saturated rings. The van der Waals surface area contributed by atoms with Gasteiger partial charge in [0.25, 0.3) is 0 Å². The highest BCUT2D eigenvalue weighted by Gasteiger charge is 2.28. The number of rotatable bonds is 7. The van der Waals surface area contributed by atoms with Gasteiger partial charge in [-0.2, -0.15) is 10.2 Å². The van der Waals surface area contributed by atoms with Crippen LogP contribution in [0.15, 0.2) is 47.5 Å². The van der Waals surface area contributed by atoms with Crippen molar-refractivity contribution in [3.63, 3.8) is 0 Å². The van der Waals surface area contributed by atoms with Crippen molar-refractivity contribution in [3.05, 3.63) is 70.4 Å². The largest absolute Gasteiger partial charge is 0.481 e. The lowest BCUT2D eigenvalue weighted by Crippen LogP contribution is -2.48. The van der Waals surface area contributed by atoms with Crippen LogP contribution in [0.25, 0.3) is 0 Å². The number of amides is 3. The minimum Gasteiger partial charge on any atom is -0.481 e. The number of ether oxygens (including phenoxy) is 1. The van der Waals surface area contributed by atoms with Crippen molar-refractivity contribution in [1.29, 1.82) is 5.26 Å². The van der Waals surface area contributed by atoms with E-state index in [4.69, 9.17) is 9.72 Å². The SMILES string of the molecule is COc1nc2c(cc1CN1CCN(C)CC1=O)CCCN2C(=O)Nc1cc(Cc2ccccc2SC)c(C#N)cn1. The summed E-state index contributed by atoms with van der Waals surface area (Å²) >= 11 is 1.66. The number of fused-ring (bicyclic) bond motifs is 1. The van der Waals surface area contributed by atoms with Crippen LogP contribution < -0.4 is 15.0 Å². The van der Waals surface area contributed by atoms with Crippen molar-refractivity contribution in [3.8, 4) is 11.9 Å². The average Bonchev–Trinajstić information content (AvgIpc) is 2.98. The molecule has 0 bridgehead atoms. The molecule has 3 aromatic rings. The molecule has 0 saturated carbocycles. The molecule has 41 heavy (non-hydrogen) atoms. The van der Waals surface area contributed by atoms with Crippen LogP contribution in [0.5, 0.6) is 5.88 Å².